The molecule has 3 heteroatoms. The number of rotatable bonds is 3. The standard InChI is InChI=1S/C9H17N2O/c1-8-7-9(2)11(10(8)3)5-6-12-4/h7H,5-6H2,1-4H3/q+1. The van der Waals surface area contributed by atoms with Gasteiger partial charge in [-0.05, 0) is 6.92 Å². The molecule has 0 N–H and O–H groups in total. The van der Waals surface area contributed by atoms with Crippen LogP contribution in [-0.2, 0) is 18.3 Å². The SMILES string of the molecule is COCCn1c(C)cc(C)[n+]1C. The minimum atomic E-state index is 0.767. The van der Waals surface area contributed by atoms with E-state index in [2.05, 4.69) is 36.3 Å². The Labute approximate surface area is 73.6 Å². The first-order valence-electron chi connectivity index (χ1n) is 4.18. The Kier molecular flexibility index (Phi) is 2.87. The van der Waals surface area contributed by atoms with Crippen molar-refractivity contribution < 1.29 is 9.42 Å². The first kappa shape index (κ1) is 9.26. The number of ether oxygens (including phenoxy) is 1. The summed E-state index contributed by atoms with van der Waals surface area (Å²) in [6.07, 6.45) is 0. The van der Waals surface area contributed by atoms with Crippen molar-refractivity contribution in [1.82, 2.24) is 4.68 Å². The number of methoxy groups -OCH3 is 1. The second-order valence-corrected chi connectivity index (χ2v) is 3.07. The quantitative estimate of drug-likeness (QED) is 0.605. The molecule has 0 aromatic carbocycles. The second-order valence-electron chi connectivity index (χ2n) is 3.07. The van der Waals surface area contributed by atoms with Crippen molar-refractivity contribution in [2.24, 2.45) is 7.05 Å². The minimum absolute atomic E-state index is 0.767. The normalized spacial score (nSPS) is 10.7. The van der Waals surface area contributed by atoms with Crippen LogP contribution < -0.4 is 4.68 Å². The first-order valence-corrected chi connectivity index (χ1v) is 4.18. The molecule has 3 nitrogen and oxygen atoms in total. The fourth-order valence-corrected chi connectivity index (χ4v) is 1.40. The van der Waals surface area contributed by atoms with Crippen molar-refractivity contribution in [3.8, 4) is 0 Å². The Morgan fingerprint density at radius 2 is 2.17 bits per heavy atom. The van der Waals surface area contributed by atoms with E-state index in [1.807, 2.05) is 0 Å². The Balaban J connectivity index is 2.82. The van der Waals surface area contributed by atoms with E-state index in [9.17, 15) is 0 Å². The molecule has 0 saturated carbocycles. The summed E-state index contributed by atoms with van der Waals surface area (Å²) in [5.74, 6) is 0. The summed E-state index contributed by atoms with van der Waals surface area (Å²) in [6, 6.07) is 2.18. The van der Waals surface area contributed by atoms with E-state index in [-0.39, 0.29) is 0 Å². The largest absolute Gasteiger partial charge is 0.383 e. The molecule has 0 aliphatic heterocycles. The lowest BCUT2D eigenvalue weighted by atomic mass is 10.4. The highest BCUT2D eigenvalue weighted by molar-refractivity contribution is 5.01. The second kappa shape index (κ2) is 3.72. The fraction of sp³-hybridized carbons (Fsp3) is 0.667. The van der Waals surface area contributed by atoms with Crippen molar-refractivity contribution in [2.75, 3.05) is 13.7 Å². The third kappa shape index (κ3) is 1.67. The van der Waals surface area contributed by atoms with Gasteiger partial charge in [-0.2, -0.15) is 4.68 Å². The van der Waals surface area contributed by atoms with Gasteiger partial charge in [0, 0.05) is 20.1 Å². The van der Waals surface area contributed by atoms with Crippen LogP contribution in [0.15, 0.2) is 6.07 Å². The maximum Gasteiger partial charge on any atom is 0.204 e. The van der Waals surface area contributed by atoms with E-state index in [1.165, 1.54) is 11.4 Å². The molecule has 0 spiro atoms. The first-order chi connectivity index (χ1) is 5.66. The third-order valence-electron chi connectivity index (χ3n) is 2.20. The lowest BCUT2D eigenvalue weighted by molar-refractivity contribution is -0.759. The maximum absolute atomic E-state index is 5.03. The molecular formula is C9H17N2O+. The van der Waals surface area contributed by atoms with Crippen molar-refractivity contribution in [3.05, 3.63) is 17.5 Å². The summed E-state index contributed by atoms with van der Waals surface area (Å²) in [4.78, 5) is 0. The van der Waals surface area contributed by atoms with Gasteiger partial charge in [0.2, 0.25) is 5.69 Å². The summed E-state index contributed by atoms with van der Waals surface area (Å²) in [5, 5.41) is 0. The van der Waals surface area contributed by atoms with Crippen LogP contribution in [0, 0.1) is 13.8 Å². The van der Waals surface area contributed by atoms with Crippen molar-refractivity contribution >= 4 is 0 Å². The fourth-order valence-electron chi connectivity index (χ4n) is 1.40. The number of nitrogens with zero attached hydrogens (tertiary/aromatic N) is 2. The van der Waals surface area contributed by atoms with E-state index in [1.54, 1.807) is 7.11 Å². The molecule has 0 fully saturated rings. The van der Waals surface area contributed by atoms with Crippen LogP contribution in [-0.4, -0.2) is 18.4 Å². The molecule has 0 atom stereocenters. The molecular weight excluding hydrogens is 152 g/mol. The highest BCUT2D eigenvalue weighted by atomic mass is 16.5. The van der Waals surface area contributed by atoms with Gasteiger partial charge in [0.15, 0.2) is 7.05 Å². The van der Waals surface area contributed by atoms with E-state index in [0.717, 1.165) is 13.2 Å². The van der Waals surface area contributed by atoms with Crippen molar-refractivity contribution in [2.45, 2.75) is 20.4 Å². The van der Waals surface area contributed by atoms with Gasteiger partial charge < -0.3 is 4.74 Å². The molecule has 0 unspecified atom stereocenters. The van der Waals surface area contributed by atoms with Crippen LogP contribution in [0.5, 0.6) is 0 Å². The van der Waals surface area contributed by atoms with Gasteiger partial charge in [-0.25, -0.2) is 0 Å². The van der Waals surface area contributed by atoms with Gasteiger partial charge in [-0.3, -0.25) is 0 Å². The Hall–Kier alpha value is -0.830. The predicted molar refractivity (Wildman–Crippen MR) is 47.0 cm³/mol. The van der Waals surface area contributed by atoms with Gasteiger partial charge in [0.25, 0.3) is 0 Å². The highest BCUT2D eigenvalue weighted by Gasteiger charge is 2.11. The molecule has 1 heterocycles. The van der Waals surface area contributed by atoms with Gasteiger partial charge in [-0.15, -0.1) is 4.68 Å². The van der Waals surface area contributed by atoms with Gasteiger partial charge in [0.05, 0.1) is 12.3 Å². The monoisotopic (exact) mass is 169 g/mol. The molecule has 0 amide bonds. The molecule has 0 saturated heterocycles. The molecule has 1 aromatic rings. The van der Waals surface area contributed by atoms with Gasteiger partial charge >= 0.3 is 0 Å². The lowest BCUT2D eigenvalue weighted by Gasteiger charge is -2.01. The zero-order valence-corrected chi connectivity index (χ0v) is 8.29. The summed E-state index contributed by atoms with van der Waals surface area (Å²) in [5.41, 5.74) is 2.57. The third-order valence-corrected chi connectivity index (χ3v) is 2.20. The van der Waals surface area contributed by atoms with E-state index in [4.69, 9.17) is 4.74 Å². The van der Waals surface area contributed by atoms with Crippen molar-refractivity contribution in [3.63, 3.8) is 0 Å². The molecule has 1 aromatic heterocycles. The molecule has 12 heavy (non-hydrogen) atoms. The molecule has 68 valence electrons. The van der Waals surface area contributed by atoms with Crippen LogP contribution >= 0.6 is 0 Å². The van der Waals surface area contributed by atoms with Crippen molar-refractivity contribution in [1.29, 1.82) is 0 Å². The van der Waals surface area contributed by atoms with E-state index < -0.39 is 0 Å². The summed E-state index contributed by atoms with van der Waals surface area (Å²) in [6.45, 7) is 5.91. The van der Waals surface area contributed by atoms with Gasteiger partial charge in [0.1, 0.15) is 6.54 Å². The number of aryl methyl sites for hydroxylation is 2. The van der Waals surface area contributed by atoms with Crippen LogP contribution in [0.1, 0.15) is 11.4 Å². The Morgan fingerprint density at radius 3 is 2.58 bits per heavy atom. The molecule has 0 aliphatic rings. The van der Waals surface area contributed by atoms with Crippen LogP contribution in [0.4, 0.5) is 0 Å². The average molecular weight is 169 g/mol. The summed E-state index contributed by atoms with van der Waals surface area (Å²) < 4.78 is 9.39. The van der Waals surface area contributed by atoms with Crippen LogP contribution in [0.3, 0.4) is 0 Å². The Bertz CT molecular complexity index is 266. The molecule has 0 radical (unpaired) electrons. The Morgan fingerprint density at radius 1 is 1.50 bits per heavy atom. The minimum Gasteiger partial charge on any atom is -0.383 e. The summed E-state index contributed by atoms with van der Waals surface area (Å²) in [7, 11) is 3.80. The topological polar surface area (TPSA) is 18.0 Å². The molecule has 1 rings (SSSR count). The average Bonchev–Trinajstić information content (AvgIpc) is 2.25. The lowest BCUT2D eigenvalue weighted by Crippen LogP contribution is -2.42. The predicted octanol–water partition coefficient (Wildman–Crippen LogP) is 0.576. The van der Waals surface area contributed by atoms with Crippen LogP contribution in [0.2, 0.25) is 0 Å². The number of hydrogen-bond donors (Lipinski definition) is 0. The number of hydrogen-bond acceptors (Lipinski definition) is 1. The van der Waals surface area contributed by atoms with E-state index in [0.29, 0.717) is 0 Å². The molecule has 0 bridgehead atoms. The van der Waals surface area contributed by atoms with Gasteiger partial charge in [-0.1, -0.05) is 0 Å². The highest BCUT2D eigenvalue weighted by Crippen LogP contribution is 1.98. The van der Waals surface area contributed by atoms with Crippen LogP contribution in [0.25, 0.3) is 0 Å². The smallest absolute Gasteiger partial charge is 0.204 e. The zero-order chi connectivity index (χ0) is 9.14. The zero-order valence-electron chi connectivity index (χ0n) is 8.29. The maximum atomic E-state index is 5.03. The number of aromatic nitrogens is 2. The van der Waals surface area contributed by atoms with E-state index >= 15 is 0 Å². The summed E-state index contributed by atoms with van der Waals surface area (Å²) >= 11 is 0. The molecule has 0 aliphatic carbocycles.